The number of benzene rings is 1. The van der Waals surface area contributed by atoms with Gasteiger partial charge in [0.05, 0.1) is 11.2 Å². The van der Waals surface area contributed by atoms with Crippen LogP contribution < -0.4 is 15.2 Å². The normalized spacial score (nSPS) is 11.7. The zero-order valence-electron chi connectivity index (χ0n) is 14.5. The van der Waals surface area contributed by atoms with Crippen molar-refractivity contribution < 1.29 is 8.42 Å². The highest BCUT2D eigenvalue weighted by atomic mass is 32.2. The maximum Gasteiger partial charge on any atom is 0.274 e. The van der Waals surface area contributed by atoms with Crippen LogP contribution in [0.2, 0.25) is 0 Å². The Balaban J connectivity index is 1.79. The summed E-state index contributed by atoms with van der Waals surface area (Å²) in [6.45, 7) is 4.67. The topological polar surface area (TPSA) is 123 Å². The molecule has 0 saturated heterocycles. The lowest BCUT2D eigenvalue weighted by Gasteiger charge is -2.09. The van der Waals surface area contributed by atoms with E-state index >= 15 is 0 Å². The summed E-state index contributed by atoms with van der Waals surface area (Å²) < 4.78 is 23.8. The lowest BCUT2D eigenvalue weighted by molar-refractivity contribution is 0.584. The molecule has 1 aromatic carbocycles. The second kappa shape index (κ2) is 7.32. The molecule has 3 aromatic rings. The van der Waals surface area contributed by atoms with Crippen LogP contribution in [-0.2, 0) is 10.2 Å². The van der Waals surface area contributed by atoms with E-state index in [2.05, 4.69) is 51.0 Å². The summed E-state index contributed by atoms with van der Waals surface area (Å²) >= 11 is 0. The lowest BCUT2D eigenvalue weighted by atomic mass is 10.0. The van der Waals surface area contributed by atoms with Gasteiger partial charge in [-0.15, -0.1) is 0 Å². The van der Waals surface area contributed by atoms with Crippen LogP contribution >= 0.6 is 0 Å². The van der Waals surface area contributed by atoms with Crippen molar-refractivity contribution in [2.45, 2.75) is 13.8 Å². The molecule has 136 valence electrons. The Morgan fingerprint density at radius 2 is 1.81 bits per heavy atom. The third kappa shape index (κ3) is 4.31. The van der Waals surface area contributed by atoms with E-state index in [4.69, 9.17) is 5.14 Å². The van der Waals surface area contributed by atoms with Crippen molar-refractivity contribution in [2.75, 3.05) is 18.4 Å². The molecular weight excluding hydrogens is 352 g/mol. The first-order valence-electron chi connectivity index (χ1n) is 8.03. The largest absolute Gasteiger partial charge is 0.369 e. The monoisotopic (exact) mass is 372 g/mol. The summed E-state index contributed by atoms with van der Waals surface area (Å²) in [5, 5.41) is 8.88. The molecule has 9 heteroatoms. The Labute approximate surface area is 152 Å². The van der Waals surface area contributed by atoms with Crippen LogP contribution in [0, 0.1) is 13.8 Å². The fraction of sp³-hybridized carbons (Fsp3) is 0.235. The summed E-state index contributed by atoms with van der Waals surface area (Å²) in [5.41, 5.74) is 4.98. The van der Waals surface area contributed by atoms with Crippen molar-refractivity contribution in [3.05, 3.63) is 47.9 Å². The third-order valence-corrected chi connectivity index (χ3v) is 4.63. The van der Waals surface area contributed by atoms with E-state index in [1.165, 1.54) is 11.1 Å². The highest BCUT2D eigenvalue weighted by Crippen LogP contribution is 2.27. The average molecular weight is 372 g/mol. The molecule has 26 heavy (non-hydrogen) atoms. The molecular formula is C17H20N6O2S. The van der Waals surface area contributed by atoms with Gasteiger partial charge in [-0.25, -0.2) is 24.8 Å². The number of rotatable bonds is 6. The fourth-order valence-electron chi connectivity index (χ4n) is 2.57. The molecule has 0 aliphatic carbocycles. The van der Waals surface area contributed by atoms with Crippen molar-refractivity contribution in [1.29, 1.82) is 0 Å². The maximum atomic E-state index is 10.8. The van der Waals surface area contributed by atoms with Crippen LogP contribution in [0.15, 0.2) is 36.8 Å². The number of hydrogen-bond donors (Lipinski definition) is 3. The van der Waals surface area contributed by atoms with Crippen molar-refractivity contribution in [1.82, 2.24) is 19.7 Å². The van der Waals surface area contributed by atoms with Gasteiger partial charge in [0, 0.05) is 30.2 Å². The zero-order valence-corrected chi connectivity index (χ0v) is 15.3. The minimum absolute atomic E-state index is 0.178. The number of nitrogens with zero attached hydrogens (tertiary/aromatic N) is 3. The SMILES string of the molecule is Cc1cc2ncnc(-c3ccc(NCCNS(N)(=O)=O)nc3)c2cc1C. The van der Waals surface area contributed by atoms with Crippen molar-refractivity contribution >= 4 is 26.9 Å². The molecule has 0 radical (unpaired) electrons. The highest BCUT2D eigenvalue weighted by Gasteiger charge is 2.09. The summed E-state index contributed by atoms with van der Waals surface area (Å²) in [7, 11) is -3.67. The van der Waals surface area contributed by atoms with Crippen LogP contribution in [-0.4, -0.2) is 36.5 Å². The molecule has 0 aliphatic heterocycles. The Morgan fingerprint density at radius 1 is 1.04 bits per heavy atom. The van der Waals surface area contributed by atoms with E-state index in [1.807, 2.05) is 12.1 Å². The Kier molecular flexibility index (Phi) is 5.12. The number of pyridine rings is 1. The predicted octanol–water partition coefficient (Wildman–Crippen LogP) is 1.51. The molecule has 0 bridgehead atoms. The standard InChI is InChI=1S/C17H20N6O2S/c1-11-7-14-15(8-12(11)2)21-10-22-17(14)13-3-4-16(20-9-13)19-5-6-23-26(18,24)25/h3-4,7-10,23H,5-6H2,1-2H3,(H,19,20)(H2,18,24,25). The number of aromatic nitrogens is 3. The van der Waals surface area contributed by atoms with E-state index < -0.39 is 10.2 Å². The lowest BCUT2D eigenvalue weighted by Crippen LogP contribution is -2.34. The average Bonchev–Trinajstić information content (AvgIpc) is 2.59. The van der Waals surface area contributed by atoms with Gasteiger partial charge in [-0.2, -0.15) is 8.42 Å². The molecule has 8 nitrogen and oxygen atoms in total. The van der Waals surface area contributed by atoms with Gasteiger partial charge < -0.3 is 5.32 Å². The summed E-state index contributed by atoms with van der Waals surface area (Å²) in [4.78, 5) is 13.1. The molecule has 3 rings (SSSR count). The number of nitrogens with two attached hydrogens (primary N) is 1. The second-order valence-electron chi connectivity index (χ2n) is 5.97. The first-order chi connectivity index (χ1) is 12.3. The van der Waals surface area contributed by atoms with Crippen molar-refractivity contribution in [3.63, 3.8) is 0 Å². The van der Waals surface area contributed by atoms with Crippen LogP contribution in [0.4, 0.5) is 5.82 Å². The number of hydrogen-bond acceptors (Lipinski definition) is 6. The maximum absolute atomic E-state index is 10.8. The minimum Gasteiger partial charge on any atom is -0.369 e. The van der Waals surface area contributed by atoms with E-state index in [0.717, 1.165) is 22.2 Å². The van der Waals surface area contributed by atoms with Gasteiger partial charge >= 0.3 is 0 Å². The van der Waals surface area contributed by atoms with Gasteiger partial charge in [-0.3, -0.25) is 0 Å². The van der Waals surface area contributed by atoms with Gasteiger partial charge in [-0.05, 0) is 49.2 Å². The molecule has 0 saturated carbocycles. The Hall–Kier alpha value is -2.62. The minimum atomic E-state index is -3.67. The Bertz CT molecular complexity index is 1040. The predicted molar refractivity (Wildman–Crippen MR) is 102 cm³/mol. The first kappa shape index (κ1) is 18.2. The molecule has 0 aliphatic rings. The molecule has 0 atom stereocenters. The summed E-state index contributed by atoms with van der Waals surface area (Å²) in [6, 6.07) is 7.88. The van der Waals surface area contributed by atoms with E-state index in [9.17, 15) is 8.42 Å². The van der Waals surface area contributed by atoms with Crippen molar-refractivity contribution in [2.24, 2.45) is 5.14 Å². The number of aryl methyl sites for hydroxylation is 2. The molecule has 0 amide bonds. The number of nitrogens with one attached hydrogen (secondary N) is 2. The highest BCUT2D eigenvalue weighted by molar-refractivity contribution is 7.87. The second-order valence-corrected chi connectivity index (χ2v) is 7.35. The number of fused-ring (bicyclic) bond motifs is 1. The quantitative estimate of drug-likeness (QED) is 0.564. The fourth-order valence-corrected chi connectivity index (χ4v) is 2.95. The van der Waals surface area contributed by atoms with Crippen LogP contribution in [0.5, 0.6) is 0 Å². The zero-order chi connectivity index (χ0) is 18.7. The van der Waals surface area contributed by atoms with Gasteiger partial charge in [-0.1, -0.05) is 0 Å². The molecule has 0 spiro atoms. The van der Waals surface area contributed by atoms with E-state index in [0.29, 0.717) is 12.4 Å². The van der Waals surface area contributed by atoms with Crippen LogP contribution in [0.1, 0.15) is 11.1 Å². The molecule has 0 fully saturated rings. The van der Waals surface area contributed by atoms with Crippen molar-refractivity contribution in [3.8, 4) is 11.3 Å². The molecule has 2 heterocycles. The first-order valence-corrected chi connectivity index (χ1v) is 9.58. The van der Waals surface area contributed by atoms with Gasteiger partial charge in [0.15, 0.2) is 0 Å². The molecule has 0 unspecified atom stereocenters. The Morgan fingerprint density at radius 3 is 2.50 bits per heavy atom. The smallest absolute Gasteiger partial charge is 0.274 e. The molecule has 2 aromatic heterocycles. The van der Waals surface area contributed by atoms with Crippen LogP contribution in [0.3, 0.4) is 0 Å². The van der Waals surface area contributed by atoms with Gasteiger partial charge in [0.2, 0.25) is 0 Å². The van der Waals surface area contributed by atoms with E-state index in [-0.39, 0.29) is 6.54 Å². The molecule has 4 N–H and O–H groups in total. The summed E-state index contributed by atoms with van der Waals surface area (Å²) in [5.74, 6) is 0.635. The summed E-state index contributed by atoms with van der Waals surface area (Å²) in [6.07, 6.45) is 3.28. The number of anilines is 1. The van der Waals surface area contributed by atoms with E-state index in [1.54, 1.807) is 12.5 Å². The van der Waals surface area contributed by atoms with Crippen LogP contribution in [0.25, 0.3) is 22.2 Å². The van der Waals surface area contributed by atoms with Gasteiger partial charge in [0.25, 0.3) is 10.2 Å². The third-order valence-electron chi connectivity index (χ3n) is 4.02. The van der Waals surface area contributed by atoms with Gasteiger partial charge in [0.1, 0.15) is 12.1 Å².